The minimum Gasteiger partial charge on any atom is -0.293 e. The zero-order chi connectivity index (χ0) is 13.4. The molecule has 4 heteroatoms. The average molecular weight is 268 g/mol. The summed E-state index contributed by atoms with van der Waals surface area (Å²) in [6, 6.07) is 10.0. The Morgan fingerprint density at radius 1 is 1.21 bits per heavy atom. The highest BCUT2D eigenvalue weighted by Crippen LogP contribution is 2.30. The lowest BCUT2D eigenvalue weighted by Gasteiger charge is -2.04. The molecule has 0 unspecified atom stereocenters. The van der Waals surface area contributed by atoms with Crippen LogP contribution in [0.4, 0.5) is 0 Å². The molecule has 0 aliphatic heterocycles. The van der Waals surface area contributed by atoms with Gasteiger partial charge in [-0.25, -0.2) is 4.98 Å². The minimum atomic E-state index is -0.00224. The summed E-state index contributed by atoms with van der Waals surface area (Å²) in [5, 5.41) is 3.74. The zero-order valence-corrected chi connectivity index (χ0v) is 11.5. The molecule has 0 spiro atoms. The molecule has 2 aromatic heterocycles. The fourth-order valence-corrected chi connectivity index (χ4v) is 2.93. The van der Waals surface area contributed by atoms with Crippen LogP contribution in [0.3, 0.4) is 0 Å². The Balaban J connectivity index is 2.26. The summed E-state index contributed by atoms with van der Waals surface area (Å²) in [4.78, 5) is 20.3. The SMILES string of the molecule is CC(=O)c1csc(-c2cc(C)nc3ccccc23)n1. The van der Waals surface area contributed by atoms with Gasteiger partial charge in [0, 0.05) is 28.9 Å². The number of hydrogen-bond donors (Lipinski definition) is 0. The Bertz CT molecular complexity index is 777. The number of carbonyl (C=O) groups is 1. The van der Waals surface area contributed by atoms with Gasteiger partial charge < -0.3 is 0 Å². The second-order valence-corrected chi connectivity index (χ2v) is 5.28. The van der Waals surface area contributed by atoms with Crippen LogP contribution in [0.5, 0.6) is 0 Å². The molecule has 0 saturated carbocycles. The first-order valence-corrected chi connectivity index (χ1v) is 6.86. The number of benzene rings is 1. The molecule has 3 nitrogen and oxygen atoms in total. The Morgan fingerprint density at radius 2 is 2.00 bits per heavy atom. The van der Waals surface area contributed by atoms with Crippen LogP contribution in [0.25, 0.3) is 21.5 Å². The van der Waals surface area contributed by atoms with E-state index in [1.54, 1.807) is 0 Å². The summed E-state index contributed by atoms with van der Waals surface area (Å²) >= 11 is 1.49. The summed E-state index contributed by atoms with van der Waals surface area (Å²) < 4.78 is 0. The Hall–Kier alpha value is -2.07. The monoisotopic (exact) mass is 268 g/mol. The van der Waals surface area contributed by atoms with E-state index in [1.807, 2.05) is 42.6 Å². The van der Waals surface area contributed by atoms with E-state index in [2.05, 4.69) is 9.97 Å². The quantitative estimate of drug-likeness (QED) is 0.663. The summed E-state index contributed by atoms with van der Waals surface area (Å²) in [7, 11) is 0. The molecule has 0 saturated heterocycles. The Labute approximate surface area is 115 Å². The lowest BCUT2D eigenvalue weighted by molar-refractivity contribution is 0.101. The van der Waals surface area contributed by atoms with Crippen molar-refractivity contribution in [1.82, 2.24) is 9.97 Å². The van der Waals surface area contributed by atoms with E-state index in [4.69, 9.17) is 0 Å². The van der Waals surface area contributed by atoms with Crippen molar-refractivity contribution in [3.63, 3.8) is 0 Å². The smallest absolute Gasteiger partial charge is 0.178 e. The third-order valence-corrected chi connectivity index (χ3v) is 3.82. The van der Waals surface area contributed by atoms with Gasteiger partial charge in [-0.05, 0) is 19.1 Å². The predicted molar refractivity (Wildman–Crippen MR) is 77.6 cm³/mol. The van der Waals surface area contributed by atoms with Crippen molar-refractivity contribution in [2.45, 2.75) is 13.8 Å². The van der Waals surface area contributed by atoms with Gasteiger partial charge in [-0.15, -0.1) is 11.3 Å². The molecule has 1 aromatic carbocycles. The van der Waals surface area contributed by atoms with Crippen molar-refractivity contribution in [3.05, 3.63) is 47.1 Å². The number of hydrogen-bond acceptors (Lipinski definition) is 4. The fraction of sp³-hybridized carbons (Fsp3) is 0.133. The van der Waals surface area contributed by atoms with Gasteiger partial charge in [0.2, 0.25) is 0 Å². The Kier molecular flexibility index (Phi) is 2.87. The third-order valence-electron chi connectivity index (χ3n) is 2.94. The van der Waals surface area contributed by atoms with Crippen molar-refractivity contribution in [2.75, 3.05) is 0 Å². The van der Waals surface area contributed by atoms with Crippen LogP contribution >= 0.6 is 11.3 Å². The topological polar surface area (TPSA) is 42.9 Å². The molecule has 0 aliphatic carbocycles. The molecule has 3 rings (SSSR count). The van der Waals surface area contributed by atoms with Gasteiger partial charge in [0.05, 0.1) is 5.52 Å². The van der Waals surface area contributed by atoms with Crippen LogP contribution in [0.15, 0.2) is 35.7 Å². The molecule has 0 radical (unpaired) electrons. The number of aromatic nitrogens is 2. The molecule has 2 heterocycles. The van der Waals surface area contributed by atoms with E-state index in [-0.39, 0.29) is 5.78 Å². The summed E-state index contributed by atoms with van der Waals surface area (Å²) in [5.74, 6) is -0.00224. The summed E-state index contributed by atoms with van der Waals surface area (Å²) in [5.41, 5.74) is 3.48. The van der Waals surface area contributed by atoms with E-state index in [0.717, 1.165) is 27.2 Å². The van der Waals surface area contributed by atoms with E-state index in [0.29, 0.717) is 5.69 Å². The van der Waals surface area contributed by atoms with Crippen molar-refractivity contribution in [1.29, 1.82) is 0 Å². The standard InChI is InChI=1S/C15H12N2OS/c1-9-7-12(11-5-3-4-6-13(11)16-9)15-17-14(8-19-15)10(2)18/h3-8H,1-2H3. The van der Waals surface area contributed by atoms with Crippen LogP contribution in [-0.2, 0) is 0 Å². The summed E-state index contributed by atoms with van der Waals surface area (Å²) in [6.07, 6.45) is 0. The van der Waals surface area contributed by atoms with Crippen molar-refractivity contribution in [3.8, 4) is 10.6 Å². The van der Waals surface area contributed by atoms with Crippen molar-refractivity contribution >= 4 is 28.0 Å². The molecule has 94 valence electrons. The third kappa shape index (κ3) is 2.15. The molecule has 0 bridgehead atoms. The van der Waals surface area contributed by atoms with Crippen LogP contribution < -0.4 is 0 Å². The first-order chi connectivity index (χ1) is 9.15. The minimum absolute atomic E-state index is 0.00224. The van der Waals surface area contributed by atoms with Gasteiger partial charge in [-0.1, -0.05) is 18.2 Å². The van der Waals surface area contributed by atoms with E-state index >= 15 is 0 Å². The van der Waals surface area contributed by atoms with E-state index in [1.165, 1.54) is 18.3 Å². The second kappa shape index (κ2) is 4.55. The number of ketones is 1. The van der Waals surface area contributed by atoms with E-state index in [9.17, 15) is 4.79 Å². The van der Waals surface area contributed by atoms with Crippen molar-refractivity contribution in [2.24, 2.45) is 0 Å². The maximum absolute atomic E-state index is 11.4. The number of carbonyl (C=O) groups excluding carboxylic acids is 1. The highest BCUT2D eigenvalue weighted by molar-refractivity contribution is 7.13. The molecule has 0 amide bonds. The average Bonchev–Trinajstić information content (AvgIpc) is 2.87. The highest BCUT2D eigenvalue weighted by Gasteiger charge is 2.11. The Morgan fingerprint density at radius 3 is 2.74 bits per heavy atom. The lowest BCUT2D eigenvalue weighted by atomic mass is 10.1. The molecule has 19 heavy (non-hydrogen) atoms. The molecule has 0 N–H and O–H groups in total. The molecule has 0 aliphatic rings. The van der Waals surface area contributed by atoms with Gasteiger partial charge >= 0.3 is 0 Å². The number of fused-ring (bicyclic) bond motifs is 1. The number of Topliss-reactive ketones (excluding diaryl/α,β-unsaturated/α-hetero) is 1. The number of nitrogens with zero attached hydrogens (tertiary/aromatic N) is 2. The van der Waals surface area contributed by atoms with Crippen LogP contribution in [0, 0.1) is 6.92 Å². The highest BCUT2D eigenvalue weighted by atomic mass is 32.1. The van der Waals surface area contributed by atoms with Gasteiger partial charge in [0.25, 0.3) is 0 Å². The number of aryl methyl sites for hydroxylation is 1. The summed E-state index contributed by atoms with van der Waals surface area (Å²) in [6.45, 7) is 3.50. The van der Waals surface area contributed by atoms with Crippen LogP contribution in [-0.4, -0.2) is 15.8 Å². The van der Waals surface area contributed by atoms with Gasteiger partial charge in [0.1, 0.15) is 10.7 Å². The van der Waals surface area contributed by atoms with Gasteiger partial charge in [-0.2, -0.15) is 0 Å². The van der Waals surface area contributed by atoms with Crippen LogP contribution in [0.2, 0.25) is 0 Å². The van der Waals surface area contributed by atoms with Crippen molar-refractivity contribution < 1.29 is 4.79 Å². The molecular formula is C15H12N2OS. The zero-order valence-electron chi connectivity index (χ0n) is 10.7. The predicted octanol–water partition coefficient (Wildman–Crippen LogP) is 3.87. The van der Waals surface area contributed by atoms with Gasteiger partial charge in [-0.3, -0.25) is 9.78 Å². The first-order valence-electron chi connectivity index (χ1n) is 5.98. The van der Waals surface area contributed by atoms with Gasteiger partial charge in [0.15, 0.2) is 5.78 Å². The van der Waals surface area contributed by atoms with Crippen LogP contribution in [0.1, 0.15) is 23.1 Å². The second-order valence-electron chi connectivity index (χ2n) is 4.42. The maximum atomic E-state index is 11.4. The largest absolute Gasteiger partial charge is 0.293 e. The number of para-hydroxylation sites is 1. The maximum Gasteiger partial charge on any atom is 0.178 e. The fourth-order valence-electron chi connectivity index (χ4n) is 2.04. The number of rotatable bonds is 2. The molecule has 3 aromatic rings. The van der Waals surface area contributed by atoms with E-state index < -0.39 is 0 Å². The molecule has 0 atom stereocenters. The molecule has 0 fully saturated rings. The molecular weight excluding hydrogens is 256 g/mol. The lowest BCUT2D eigenvalue weighted by Crippen LogP contribution is -1.92. The number of thiazole rings is 1. The number of pyridine rings is 1. The normalized spacial score (nSPS) is 10.8. The first kappa shape index (κ1) is 12.0.